The lowest BCUT2D eigenvalue weighted by Crippen LogP contribution is -2.18. The summed E-state index contributed by atoms with van der Waals surface area (Å²) in [4.78, 5) is 10.6. The number of halogens is 1. The van der Waals surface area contributed by atoms with Gasteiger partial charge in [-0.15, -0.1) is 0 Å². The Morgan fingerprint density at radius 1 is 1.14 bits per heavy atom. The third-order valence-corrected chi connectivity index (χ3v) is 3.71. The molecule has 0 spiro atoms. The summed E-state index contributed by atoms with van der Waals surface area (Å²) in [5.41, 5.74) is 3.00. The fraction of sp³-hybridized carbons (Fsp3) is 0.235. The lowest BCUT2D eigenvalue weighted by atomic mass is 10.1. The van der Waals surface area contributed by atoms with E-state index in [1.54, 1.807) is 0 Å². The van der Waals surface area contributed by atoms with Gasteiger partial charge in [-0.05, 0) is 29.7 Å². The maximum absolute atomic E-state index is 10.6. The highest BCUT2D eigenvalue weighted by molar-refractivity contribution is 6.31. The van der Waals surface area contributed by atoms with Crippen LogP contribution in [0, 0.1) is 0 Å². The second-order valence-corrected chi connectivity index (χ2v) is 5.42. The van der Waals surface area contributed by atoms with E-state index in [0.717, 1.165) is 21.7 Å². The molecule has 2 aromatic carbocycles. The SMILES string of the molecule is C[C@@H](NCc1ccc(CC(=O)O)cc1)c1ccccc1Cl. The predicted octanol–water partition coefficient (Wildman–Crippen LogP) is 3.82. The Morgan fingerprint density at radius 2 is 1.76 bits per heavy atom. The molecule has 0 bridgehead atoms. The van der Waals surface area contributed by atoms with E-state index < -0.39 is 5.97 Å². The van der Waals surface area contributed by atoms with Crippen LogP contribution in [-0.2, 0) is 17.8 Å². The van der Waals surface area contributed by atoms with Crippen LogP contribution in [0.2, 0.25) is 5.02 Å². The standard InChI is InChI=1S/C17H18ClNO2/c1-12(15-4-2-3-5-16(15)18)19-11-14-8-6-13(7-9-14)10-17(20)21/h2-9,12,19H,10-11H2,1H3,(H,20,21)/t12-/m1/s1. The van der Waals surface area contributed by atoms with Gasteiger partial charge in [-0.2, -0.15) is 0 Å². The first-order valence-electron chi connectivity index (χ1n) is 6.83. The minimum absolute atomic E-state index is 0.0593. The maximum Gasteiger partial charge on any atom is 0.307 e. The highest BCUT2D eigenvalue weighted by Gasteiger charge is 2.08. The molecule has 3 nitrogen and oxygen atoms in total. The average Bonchev–Trinajstić information content (AvgIpc) is 2.46. The van der Waals surface area contributed by atoms with E-state index in [-0.39, 0.29) is 12.5 Å². The van der Waals surface area contributed by atoms with Gasteiger partial charge >= 0.3 is 5.97 Å². The van der Waals surface area contributed by atoms with Gasteiger partial charge in [0, 0.05) is 17.6 Å². The first-order valence-corrected chi connectivity index (χ1v) is 7.21. The zero-order valence-corrected chi connectivity index (χ0v) is 12.6. The molecule has 4 heteroatoms. The van der Waals surface area contributed by atoms with E-state index in [2.05, 4.69) is 12.2 Å². The van der Waals surface area contributed by atoms with Crippen LogP contribution < -0.4 is 5.32 Å². The summed E-state index contributed by atoms with van der Waals surface area (Å²) < 4.78 is 0. The molecule has 0 radical (unpaired) electrons. The van der Waals surface area contributed by atoms with Crippen molar-refractivity contribution in [3.8, 4) is 0 Å². The summed E-state index contributed by atoms with van der Waals surface area (Å²) in [5.74, 6) is -0.812. The van der Waals surface area contributed by atoms with E-state index in [9.17, 15) is 4.79 Å². The normalized spacial score (nSPS) is 12.1. The Kier molecular flexibility index (Phi) is 5.37. The Morgan fingerprint density at radius 3 is 2.38 bits per heavy atom. The zero-order valence-electron chi connectivity index (χ0n) is 11.8. The van der Waals surface area contributed by atoms with E-state index in [1.807, 2.05) is 48.5 Å². The summed E-state index contributed by atoms with van der Waals surface area (Å²) in [5, 5.41) is 12.9. The Bertz CT molecular complexity index is 610. The number of rotatable bonds is 6. The van der Waals surface area contributed by atoms with Crippen molar-refractivity contribution in [1.29, 1.82) is 0 Å². The van der Waals surface area contributed by atoms with Crippen LogP contribution in [0.25, 0.3) is 0 Å². The lowest BCUT2D eigenvalue weighted by Gasteiger charge is -2.15. The van der Waals surface area contributed by atoms with Gasteiger partial charge in [-0.25, -0.2) is 0 Å². The predicted molar refractivity (Wildman–Crippen MR) is 84.5 cm³/mol. The summed E-state index contributed by atoms with van der Waals surface area (Å²) in [7, 11) is 0. The van der Waals surface area contributed by atoms with Crippen molar-refractivity contribution in [3.63, 3.8) is 0 Å². The van der Waals surface area contributed by atoms with E-state index >= 15 is 0 Å². The molecule has 0 unspecified atom stereocenters. The van der Waals surface area contributed by atoms with Crippen molar-refractivity contribution in [3.05, 3.63) is 70.2 Å². The minimum Gasteiger partial charge on any atom is -0.481 e. The highest BCUT2D eigenvalue weighted by atomic mass is 35.5. The number of hydrogen-bond donors (Lipinski definition) is 2. The third-order valence-electron chi connectivity index (χ3n) is 3.36. The first kappa shape index (κ1) is 15.5. The van der Waals surface area contributed by atoms with Gasteiger partial charge in [-0.3, -0.25) is 4.79 Å². The van der Waals surface area contributed by atoms with Gasteiger partial charge in [0.2, 0.25) is 0 Å². The molecule has 110 valence electrons. The molecule has 1 atom stereocenters. The molecule has 0 amide bonds. The van der Waals surface area contributed by atoms with Gasteiger partial charge in [-0.1, -0.05) is 54.1 Å². The number of hydrogen-bond acceptors (Lipinski definition) is 2. The molecule has 2 N–H and O–H groups in total. The monoisotopic (exact) mass is 303 g/mol. The van der Waals surface area contributed by atoms with E-state index in [0.29, 0.717) is 6.54 Å². The number of carboxylic acids is 1. The Hall–Kier alpha value is -1.84. The average molecular weight is 304 g/mol. The number of carbonyl (C=O) groups is 1. The van der Waals surface area contributed by atoms with E-state index in [1.165, 1.54) is 0 Å². The zero-order chi connectivity index (χ0) is 15.2. The van der Waals surface area contributed by atoms with Crippen LogP contribution >= 0.6 is 11.6 Å². The molecule has 0 fully saturated rings. The quantitative estimate of drug-likeness (QED) is 0.853. The molecule has 0 saturated carbocycles. The molecule has 0 saturated heterocycles. The molecular formula is C17H18ClNO2. The fourth-order valence-electron chi connectivity index (χ4n) is 2.16. The lowest BCUT2D eigenvalue weighted by molar-refractivity contribution is -0.136. The summed E-state index contributed by atoms with van der Waals surface area (Å²) in [6.45, 7) is 2.78. The molecule has 2 aromatic rings. The van der Waals surface area contributed by atoms with Crippen LogP contribution in [0.3, 0.4) is 0 Å². The largest absolute Gasteiger partial charge is 0.481 e. The van der Waals surface area contributed by atoms with Crippen molar-refractivity contribution in [2.24, 2.45) is 0 Å². The van der Waals surface area contributed by atoms with Crippen LogP contribution in [0.5, 0.6) is 0 Å². The first-order chi connectivity index (χ1) is 10.1. The molecule has 0 heterocycles. The Labute approximate surface area is 129 Å². The van der Waals surface area contributed by atoms with Crippen molar-refractivity contribution in [2.75, 3.05) is 0 Å². The van der Waals surface area contributed by atoms with Crippen LogP contribution in [0.1, 0.15) is 29.7 Å². The summed E-state index contributed by atoms with van der Waals surface area (Å²) in [6.07, 6.45) is 0.0593. The summed E-state index contributed by atoms with van der Waals surface area (Å²) >= 11 is 6.17. The van der Waals surface area contributed by atoms with Crippen molar-refractivity contribution < 1.29 is 9.90 Å². The van der Waals surface area contributed by atoms with Crippen LogP contribution in [0.4, 0.5) is 0 Å². The van der Waals surface area contributed by atoms with Gasteiger partial charge in [0.25, 0.3) is 0 Å². The van der Waals surface area contributed by atoms with Gasteiger partial charge < -0.3 is 10.4 Å². The van der Waals surface area contributed by atoms with Crippen molar-refractivity contribution >= 4 is 17.6 Å². The van der Waals surface area contributed by atoms with Crippen molar-refractivity contribution in [2.45, 2.75) is 25.9 Å². The third kappa shape index (κ3) is 4.59. The van der Waals surface area contributed by atoms with Crippen LogP contribution in [0.15, 0.2) is 48.5 Å². The molecule has 0 aromatic heterocycles. The van der Waals surface area contributed by atoms with Crippen molar-refractivity contribution in [1.82, 2.24) is 5.32 Å². The van der Waals surface area contributed by atoms with E-state index in [4.69, 9.17) is 16.7 Å². The number of aliphatic carboxylic acids is 1. The van der Waals surface area contributed by atoms with Crippen LogP contribution in [-0.4, -0.2) is 11.1 Å². The molecule has 0 aliphatic heterocycles. The number of benzene rings is 2. The second kappa shape index (κ2) is 7.25. The topological polar surface area (TPSA) is 49.3 Å². The maximum atomic E-state index is 10.6. The molecule has 21 heavy (non-hydrogen) atoms. The smallest absolute Gasteiger partial charge is 0.307 e. The van der Waals surface area contributed by atoms with Gasteiger partial charge in [0.15, 0.2) is 0 Å². The minimum atomic E-state index is -0.812. The number of carboxylic acid groups (broad SMARTS) is 1. The van der Waals surface area contributed by atoms with Gasteiger partial charge in [0.05, 0.1) is 6.42 Å². The van der Waals surface area contributed by atoms with Gasteiger partial charge in [0.1, 0.15) is 0 Å². The summed E-state index contributed by atoms with van der Waals surface area (Å²) in [6, 6.07) is 15.5. The number of nitrogens with one attached hydrogen (secondary N) is 1. The fourth-order valence-corrected chi connectivity index (χ4v) is 2.46. The molecule has 0 aliphatic carbocycles. The second-order valence-electron chi connectivity index (χ2n) is 5.01. The Balaban J connectivity index is 1.94. The molecule has 2 rings (SSSR count). The highest BCUT2D eigenvalue weighted by Crippen LogP contribution is 2.22. The molecule has 0 aliphatic rings. The molecular weight excluding hydrogens is 286 g/mol.